The molecule has 0 aromatic carbocycles. The summed E-state index contributed by atoms with van der Waals surface area (Å²) < 4.78 is 5.57. The van der Waals surface area contributed by atoms with Crippen LogP contribution in [0.4, 0.5) is 4.79 Å². The minimum Gasteiger partial charge on any atom is -0.436 e. The molecule has 0 bridgehead atoms. The van der Waals surface area contributed by atoms with E-state index in [1.54, 1.807) is 17.3 Å². The predicted molar refractivity (Wildman–Crippen MR) is 82.5 cm³/mol. The van der Waals surface area contributed by atoms with Gasteiger partial charge in [0.15, 0.2) is 5.60 Å². The van der Waals surface area contributed by atoms with Crippen molar-refractivity contribution in [1.82, 2.24) is 9.88 Å². The number of carbonyl (C=O) groups is 1. The van der Waals surface area contributed by atoms with E-state index in [1.165, 1.54) is 5.57 Å². The molecule has 1 amide bonds. The Morgan fingerprint density at radius 2 is 2.29 bits per heavy atom. The highest BCUT2D eigenvalue weighted by Gasteiger charge is 2.44. The number of ether oxygens (including phenoxy) is 1. The van der Waals surface area contributed by atoms with Crippen LogP contribution in [-0.2, 0) is 11.3 Å². The smallest absolute Gasteiger partial charge is 0.415 e. The summed E-state index contributed by atoms with van der Waals surface area (Å²) in [6.07, 6.45) is 6.89. The normalized spacial score (nSPS) is 21.4. The first-order chi connectivity index (χ1) is 9.92. The van der Waals surface area contributed by atoms with Crippen LogP contribution in [0.25, 0.3) is 0 Å². The highest BCUT2D eigenvalue weighted by atomic mass is 16.6. The number of allylic oxidation sites excluding steroid dienone is 2. The minimum absolute atomic E-state index is 0.330. The number of hydrogen-bond acceptors (Lipinski definition) is 3. The number of amides is 1. The second-order valence-electron chi connectivity index (χ2n) is 5.81. The first kappa shape index (κ1) is 15.3. The lowest BCUT2D eigenvalue weighted by molar-refractivity contribution is 0.0759. The molecule has 1 fully saturated rings. The molecule has 0 aliphatic carbocycles. The fourth-order valence-electron chi connectivity index (χ4n) is 2.37. The molecule has 1 unspecified atom stereocenters. The van der Waals surface area contributed by atoms with Gasteiger partial charge in [0.2, 0.25) is 0 Å². The summed E-state index contributed by atoms with van der Waals surface area (Å²) in [5.41, 5.74) is 2.33. The SMILES string of the molecule is C=C1N(Cc2cccnc2)C(=O)OC1(C)CCC=C(C)C. The summed E-state index contributed by atoms with van der Waals surface area (Å²) >= 11 is 0. The highest BCUT2D eigenvalue weighted by molar-refractivity contribution is 5.74. The number of carbonyl (C=O) groups excluding carboxylic acids is 1. The molecule has 2 rings (SSSR count). The zero-order valence-electron chi connectivity index (χ0n) is 12.9. The number of rotatable bonds is 5. The van der Waals surface area contributed by atoms with Gasteiger partial charge in [-0.1, -0.05) is 24.3 Å². The molecule has 1 aromatic rings. The Kier molecular flexibility index (Phi) is 4.46. The van der Waals surface area contributed by atoms with Gasteiger partial charge in [-0.25, -0.2) is 4.79 Å². The average molecular weight is 286 g/mol. The van der Waals surface area contributed by atoms with Crippen molar-refractivity contribution in [3.05, 3.63) is 54.0 Å². The molecule has 0 radical (unpaired) electrons. The summed E-state index contributed by atoms with van der Waals surface area (Å²) in [7, 11) is 0. The van der Waals surface area contributed by atoms with Crippen LogP contribution in [0.1, 0.15) is 39.2 Å². The van der Waals surface area contributed by atoms with E-state index in [0.29, 0.717) is 6.54 Å². The van der Waals surface area contributed by atoms with Gasteiger partial charge in [-0.2, -0.15) is 0 Å². The molecular formula is C17H22N2O2. The molecule has 4 nitrogen and oxygen atoms in total. The number of nitrogens with zero attached hydrogens (tertiary/aromatic N) is 2. The minimum atomic E-state index is -0.620. The Morgan fingerprint density at radius 1 is 1.52 bits per heavy atom. The van der Waals surface area contributed by atoms with Crippen LogP contribution in [0.5, 0.6) is 0 Å². The third-order valence-corrected chi connectivity index (χ3v) is 3.71. The first-order valence-corrected chi connectivity index (χ1v) is 7.14. The number of hydrogen-bond donors (Lipinski definition) is 0. The second kappa shape index (κ2) is 6.12. The van der Waals surface area contributed by atoms with Gasteiger partial charge in [-0.3, -0.25) is 9.88 Å². The van der Waals surface area contributed by atoms with Crippen molar-refractivity contribution in [1.29, 1.82) is 0 Å². The fourth-order valence-corrected chi connectivity index (χ4v) is 2.37. The molecule has 112 valence electrons. The van der Waals surface area contributed by atoms with Crippen molar-refractivity contribution in [3.63, 3.8) is 0 Å². The number of aromatic nitrogens is 1. The first-order valence-electron chi connectivity index (χ1n) is 7.14. The van der Waals surface area contributed by atoms with E-state index in [0.717, 1.165) is 24.1 Å². The lowest BCUT2D eigenvalue weighted by Gasteiger charge is -2.23. The monoisotopic (exact) mass is 286 g/mol. The zero-order valence-corrected chi connectivity index (χ0v) is 12.9. The van der Waals surface area contributed by atoms with Crippen LogP contribution in [0, 0.1) is 0 Å². The summed E-state index contributed by atoms with van der Waals surface area (Å²) in [5.74, 6) is 0. The molecule has 0 saturated carbocycles. The van der Waals surface area contributed by atoms with Crippen molar-refractivity contribution in [2.45, 2.75) is 45.8 Å². The zero-order chi connectivity index (χ0) is 15.5. The van der Waals surface area contributed by atoms with E-state index in [9.17, 15) is 4.79 Å². The second-order valence-corrected chi connectivity index (χ2v) is 5.81. The lowest BCUT2D eigenvalue weighted by atomic mass is 9.96. The van der Waals surface area contributed by atoms with Crippen LogP contribution < -0.4 is 0 Å². The molecule has 1 saturated heterocycles. The van der Waals surface area contributed by atoms with E-state index in [4.69, 9.17) is 4.74 Å². The molecule has 0 spiro atoms. The maximum Gasteiger partial charge on any atom is 0.415 e. The van der Waals surface area contributed by atoms with Gasteiger partial charge < -0.3 is 4.74 Å². The van der Waals surface area contributed by atoms with Crippen LogP contribution in [0.3, 0.4) is 0 Å². The van der Waals surface area contributed by atoms with Gasteiger partial charge in [-0.15, -0.1) is 0 Å². The molecule has 0 N–H and O–H groups in total. The van der Waals surface area contributed by atoms with Gasteiger partial charge >= 0.3 is 6.09 Å². The van der Waals surface area contributed by atoms with E-state index in [2.05, 4.69) is 31.5 Å². The molecule has 4 heteroatoms. The maximum absolute atomic E-state index is 12.1. The van der Waals surface area contributed by atoms with Crippen LogP contribution >= 0.6 is 0 Å². The van der Waals surface area contributed by atoms with Crippen molar-refractivity contribution in [2.24, 2.45) is 0 Å². The molecule has 1 atom stereocenters. The number of cyclic esters (lactones) is 1. The standard InChI is InChI=1S/C17H22N2O2/c1-13(2)7-5-9-17(4)14(3)19(16(20)21-17)12-15-8-6-10-18-11-15/h6-8,10-11H,3,5,9,12H2,1-2,4H3. The quantitative estimate of drug-likeness (QED) is 0.767. The number of pyridine rings is 1. The van der Waals surface area contributed by atoms with Crippen molar-refractivity contribution >= 4 is 6.09 Å². The largest absolute Gasteiger partial charge is 0.436 e. The topological polar surface area (TPSA) is 42.4 Å². The van der Waals surface area contributed by atoms with E-state index >= 15 is 0 Å². The summed E-state index contributed by atoms with van der Waals surface area (Å²) in [6.45, 7) is 10.6. The van der Waals surface area contributed by atoms with Gasteiger partial charge in [0.25, 0.3) is 0 Å². The van der Waals surface area contributed by atoms with Crippen molar-refractivity contribution in [3.8, 4) is 0 Å². The molecule has 1 aromatic heterocycles. The van der Waals surface area contributed by atoms with Crippen LogP contribution in [0.2, 0.25) is 0 Å². The highest BCUT2D eigenvalue weighted by Crippen LogP contribution is 2.36. The summed E-state index contributed by atoms with van der Waals surface area (Å²) in [5, 5.41) is 0. The Bertz CT molecular complexity index is 561. The summed E-state index contributed by atoms with van der Waals surface area (Å²) in [4.78, 5) is 17.8. The van der Waals surface area contributed by atoms with Gasteiger partial charge in [0, 0.05) is 12.4 Å². The molecule has 21 heavy (non-hydrogen) atoms. The van der Waals surface area contributed by atoms with Gasteiger partial charge in [0.1, 0.15) is 0 Å². The molecule has 1 aliphatic heterocycles. The Morgan fingerprint density at radius 3 is 2.90 bits per heavy atom. The van der Waals surface area contributed by atoms with Crippen molar-refractivity contribution in [2.75, 3.05) is 0 Å². The van der Waals surface area contributed by atoms with E-state index in [1.807, 2.05) is 19.1 Å². The Hall–Kier alpha value is -2.10. The van der Waals surface area contributed by atoms with Crippen LogP contribution in [-0.4, -0.2) is 21.6 Å². The Labute approximate surface area is 126 Å². The Balaban J connectivity index is 2.07. The fraction of sp³-hybridized carbons (Fsp3) is 0.412. The summed E-state index contributed by atoms with van der Waals surface area (Å²) in [6, 6.07) is 3.79. The predicted octanol–water partition coefficient (Wildman–Crippen LogP) is 4.05. The van der Waals surface area contributed by atoms with Crippen LogP contribution in [0.15, 0.2) is 48.5 Å². The third-order valence-electron chi connectivity index (χ3n) is 3.71. The van der Waals surface area contributed by atoms with E-state index < -0.39 is 5.60 Å². The maximum atomic E-state index is 12.1. The van der Waals surface area contributed by atoms with Crippen molar-refractivity contribution < 1.29 is 9.53 Å². The lowest BCUT2D eigenvalue weighted by Crippen LogP contribution is -2.27. The van der Waals surface area contributed by atoms with Gasteiger partial charge in [0.05, 0.1) is 12.2 Å². The molecule has 1 aliphatic rings. The van der Waals surface area contributed by atoms with E-state index in [-0.39, 0.29) is 6.09 Å². The van der Waals surface area contributed by atoms with Gasteiger partial charge in [-0.05, 0) is 45.2 Å². The molecular weight excluding hydrogens is 264 g/mol. The molecule has 2 heterocycles. The third kappa shape index (κ3) is 3.51. The average Bonchev–Trinajstić information content (AvgIpc) is 2.63.